The first-order valence-electron chi connectivity index (χ1n) is 16.0. The Labute approximate surface area is 255 Å². The summed E-state index contributed by atoms with van der Waals surface area (Å²) in [5, 5.41) is 70.3. The number of allylic oxidation sites excluding steroid dienone is 2. The molecule has 0 aromatic carbocycles. The number of rotatable bonds is 20. The van der Waals surface area contributed by atoms with E-state index in [4.69, 9.17) is 18.9 Å². The fourth-order valence-corrected chi connectivity index (χ4v) is 5.50. The Kier molecular flexibility index (Phi) is 18.3. The second kappa shape index (κ2) is 20.8. The van der Waals surface area contributed by atoms with Gasteiger partial charge < -0.3 is 54.7 Å². The molecule has 0 amide bonds. The number of hydrogen-bond donors (Lipinski definition) is 7. The van der Waals surface area contributed by atoms with Crippen molar-refractivity contribution in [3.05, 3.63) is 12.2 Å². The predicted octanol–water partition coefficient (Wildman–Crippen LogP) is 1.23. The van der Waals surface area contributed by atoms with Crippen LogP contribution in [-0.2, 0) is 23.7 Å². The van der Waals surface area contributed by atoms with Gasteiger partial charge in [-0.25, -0.2) is 0 Å². The highest BCUT2D eigenvalue weighted by Gasteiger charge is 2.50. The molecule has 2 aliphatic rings. The lowest BCUT2D eigenvalue weighted by atomic mass is 9.95. The van der Waals surface area contributed by atoms with Gasteiger partial charge in [-0.15, -0.1) is 0 Å². The molecule has 0 aromatic rings. The minimum absolute atomic E-state index is 0.127. The maximum Gasteiger partial charge on any atom is 0.306 e. The van der Waals surface area contributed by atoms with Gasteiger partial charge in [0.2, 0.25) is 0 Å². The van der Waals surface area contributed by atoms with Crippen molar-refractivity contribution >= 4 is 5.97 Å². The zero-order valence-electron chi connectivity index (χ0n) is 25.8. The molecule has 0 aliphatic carbocycles. The number of esters is 1. The van der Waals surface area contributed by atoms with E-state index in [1.807, 2.05) is 6.92 Å². The topological polar surface area (TPSA) is 196 Å². The number of aliphatic hydroxyl groups is 7. The van der Waals surface area contributed by atoms with E-state index >= 15 is 0 Å². The van der Waals surface area contributed by atoms with Crippen molar-refractivity contribution in [1.82, 2.24) is 0 Å². The normalized spacial score (nSPS) is 34.0. The Bertz CT molecular complexity index is 778. The SMILES string of the molecule is CC(O)CCCCCC/C=C/CCCCCCCC(=O)O[C@@H]1C(CO)O[C@@H](OC2[C@H](C)OC(CO)[C@@H](O)[C@@H]2O)C(O)[C@H]1O. The van der Waals surface area contributed by atoms with Crippen LogP contribution in [0.3, 0.4) is 0 Å². The Morgan fingerprint density at radius 2 is 1.30 bits per heavy atom. The Morgan fingerprint density at radius 3 is 1.91 bits per heavy atom. The van der Waals surface area contributed by atoms with Gasteiger partial charge in [0.05, 0.1) is 25.4 Å². The number of hydrogen-bond acceptors (Lipinski definition) is 12. The van der Waals surface area contributed by atoms with Gasteiger partial charge in [-0.05, 0) is 52.4 Å². The van der Waals surface area contributed by atoms with Crippen LogP contribution in [0.5, 0.6) is 0 Å². The van der Waals surface area contributed by atoms with Crippen LogP contribution in [0.15, 0.2) is 12.2 Å². The minimum atomic E-state index is -1.68. The standard InChI is InChI=1S/C31H56O12/c1-20(34)16-14-12-10-8-6-4-3-5-7-9-11-13-15-17-24(35)42-30-23(19-33)41-31(28(39)27(30)38)43-29-21(2)40-22(18-32)25(36)26(29)37/h3-4,20-23,25-34,36-39H,5-19H2,1-2H3/b4-3+/t20?,21-,22?,23?,25+,26-,27+,28?,29?,30+,31-/m0/s1. The van der Waals surface area contributed by atoms with Crippen LogP contribution in [0.2, 0.25) is 0 Å². The second-order valence-electron chi connectivity index (χ2n) is 11.9. The molecule has 2 rings (SSSR count). The van der Waals surface area contributed by atoms with Crippen LogP contribution in [0.1, 0.15) is 97.3 Å². The molecule has 252 valence electrons. The average Bonchev–Trinajstić information content (AvgIpc) is 2.98. The molecule has 0 aromatic heterocycles. The molecule has 12 heteroatoms. The summed E-state index contributed by atoms with van der Waals surface area (Å²) >= 11 is 0. The molecule has 7 N–H and O–H groups in total. The maximum absolute atomic E-state index is 12.5. The van der Waals surface area contributed by atoms with Crippen LogP contribution in [0.4, 0.5) is 0 Å². The summed E-state index contributed by atoms with van der Waals surface area (Å²) in [6, 6.07) is 0. The molecule has 2 saturated heterocycles. The summed E-state index contributed by atoms with van der Waals surface area (Å²) in [4.78, 5) is 12.5. The smallest absolute Gasteiger partial charge is 0.306 e. The highest BCUT2D eigenvalue weighted by atomic mass is 16.7. The first kappa shape index (κ1) is 38.0. The maximum atomic E-state index is 12.5. The first-order valence-corrected chi connectivity index (χ1v) is 16.0. The molecule has 0 saturated carbocycles. The number of unbranched alkanes of at least 4 members (excludes halogenated alkanes) is 9. The summed E-state index contributed by atoms with van der Waals surface area (Å²) < 4.78 is 22.1. The summed E-state index contributed by atoms with van der Waals surface area (Å²) in [7, 11) is 0. The molecule has 11 atom stereocenters. The van der Waals surface area contributed by atoms with E-state index in [0.717, 1.165) is 51.4 Å². The lowest BCUT2D eigenvalue weighted by Gasteiger charge is -2.46. The zero-order chi connectivity index (χ0) is 31.8. The van der Waals surface area contributed by atoms with Gasteiger partial charge in [0.15, 0.2) is 12.4 Å². The van der Waals surface area contributed by atoms with Crippen molar-refractivity contribution in [2.75, 3.05) is 13.2 Å². The monoisotopic (exact) mass is 620 g/mol. The van der Waals surface area contributed by atoms with Crippen molar-refractivity contribution in [3.63, 3.8) is 0 Å². The third-order valence-electron chi connectivity index (χ3n) is 8.14. The molecule has 12 nitrogen and oxygen atoms in total. The summed E-state index contributed by atoms with van der Waals surface area (Å²) in [6.07, 6.45) is 3.41. The Morgan fingerprint density at radius 1 is 0.744 bits per heavy atom. The molecule has 5 unspecified atom stereocenters. The van der Waals surface area contributed by atoms with E-state index in [1.165, 1.54) is 19.3 Å². The van der Waals surface area contributed by atoms with Crippen LogP contribution >= 0.6 is 0 Å². The van der Waals surface area contributed by atoms with Gasteiger partial charge in [0.1, 0.15) is 42.7 Å². The molecule has 0 bridgehead atoms. The van der Waals surface area contributed by atoms with Gasteiger partial charge in [-0.1, -0.05) is 50.7 Å². The van der Waals surface area contributed by atoms with Gasteiger partial charge >= 0.3 is 5.97 Å². The first-order chi connectivity index (χ1) is 20.6. The van der Waals surface area contributed by atoms with Crippen molar-refractivity contribution in [1.29, 1.82) is 0 Å². The summed E-state index contributed by atoms with van der Waals surface area (Å²) in [6.45, 7) is 2.24. The minimum Gasteiger partial charge on any atom is -0.457 e. The number of aliphatic hydroxyl groups excluding tert-OH is 7. The third-order valence-corrected chi connectivity index (χ3v) is 8.14. The van der Waals surface area contributed by atoms with E-state index < -0.39 is 80.4 Å². The molecule has 0 spiro atoms. The van der Waals surface area contributed by atoms with E-state index in [9.17, 15) is 40.5 Å². The van der Waals surface area contributed by atoms with Gasteiger partial charge in [-0.3, -0.25) is 4.79 Å². The van der Waals surface area contributed by atoms with Crippen molar-refractivity contribution in [2.24, 2.45) is 0 Å². The number of carbonyl (C=O) groups is 1. The fraction of sp³-hybridized carbons (Fsp3) is 0.903. The molecular weight excluding hydrogens is 564 g/mol. The largest absolute Gasteiger partial charge is 0.457 e. The van der Waals surface area contributed by atoms with Crippen LogP contribution in [0, 0.1) is 0 Å². The van der Waals surface area contributed by atoms with Crippen LogP contribution in [-0.4, -0.2) is 122 Å². The number of ether oxygens (including phenoxy) is 4. The Hall–Kier alpha value is -1.19. The summed E-state index contributed by atoms with van der Waals surface area (Å²) in [5.41, 5.74) is 0. The Balaban J connectivity index is 1.63. The highest BCUT2D eigenvalue weighted by Crippen LogP contribution is 2.30. The van der Waals surface area contributed by atoms with Crippen LogP contribution in [0.25, 0.3) is 0 Å². The second-order valence-corrected chi connectivity index (χ2v) is 11.9. The third kappa shape index (κ3) is 13.0. The molecule has 43 heavy (non-hydrogen) atoms. The lowest BCUT2D eigenvalue weighted by Crippen LogP contribution is -2.64. The molecule has 2 heterocycles. The highest BCUT2D eigenvalue weighted by molar-refractivity contribution is 5.69. The molecule has 0 radical (unpaired) electrons. The molecule has 2 aliphatic heterocycles. The molecular formula is C31H56O12. The quantitative estimate of drug-likeness (QED) is 0.0585. The van der Waals surface area contributed by atoms with E-state index in [2.05, 4.69) is 12.2 Å². The fourth-order valence-electron chi connectivity index (χ4n) is 5.50. The van der Waals surface area contributed by atoms with Crippen molar-refractivity contribution < 1.29 is 59.5 Å². The van der Waals surface area contributed by atoms with E-state index in [0.29, 0.717) is 6.42 Å². The van der Waals surface area contributed by atoms with Gasteiger partial charge in [0, 0.05) is 6.42 Å². The predicted molar refractivity (Wildman–Crippen MR) is 157 cm³/mol. The van der Waals surface area contributed by atoms with Gasteiger partial charge in [0.25, 0.3) is 0 Å². The van der Waals surface area contributed by atoms with Gasteiger partial charge in [-0.2, -0.15) is 0 Å². The average molecular weight is 621 g/mol. The lowest BCUT2D eigenvalue weighted by molar-refractivity contribution is -0.340. The van der Waals surface area contributed by atoms with Crippen molar-refractivity contribution in [3.8, 4) is 0 Å². The number of carbonyl (C=O) groups excluding carboxylic acids is 1. The molecule has 2 fully saturated rings. The van der Waals surface area contributed by atoms with Crippen LogP contribution < -0.4 is 0 Å². The van der Waals surface area contributed by atoms with Crippen molar-refractivity contribution in [2.45, 2.75) is 165 Å². The summed E-state index contributed by atoms with van der Waals surface area (Å²) in [5.74, 6) is -0.575. The zero-order valence-corrected chi connectivity index (χ0v) is 25.8. The van der Waals surface area contributed by atoms with E-state index in [1.54, 1.807) is 6.92 Å². The van der Waals surface area contributed by atoms with E-state index in [-0.39, 0.29) is 12.5 Å².